The second-order valence-corrected chi connectivity index (χ2v) is 4.95. The summed E-state index contributed by atoms with van der Waals surface area (Å²) in [5.74, 6) is -0.110. The average molecular weight is 287 g/mol. The van der Waals surface area contributed by atoms with Gasteiger partial charge >= 0.3 is 0 Å². The molecule has 4 nitrogen and oxygen atoms in total. The number of carbonyl (C=O) groups is 1. The predicted octanol–water partition coefficient (Wildman–Crippen LogP) is 2.95. The van der Waals surface area contributed by atoms with E-state index < -0.39 is 0 Å². The molecule has 5 heteroatoms. The molecule has 0 saturated heterocycles. The van der Waals surface area contributed by atoms with Gasteiger partial charge in [0.05, 0.1) is 11.7 Å². The minimum atomic E-state index is -0.110. The minimum Gasteiger partial charge on any atom is -0.345 e. The van der Waals surface area contributed by atoms with E-state index in [1.54, 1.807) is 30.7 Å². The fourth-order valence-corrected chi connectivity index (χ4v) is 2.29. The summed E-state index contributed by atoms with van der Waals surface area (Å²) in [4.78, 5) is 21.1. The zero-order valence-electron chi connectivity index (χ0n) is 11.5. The lowest BCUT2D eigenvalue weighted by Gasteiger charge is -2.19. The molecule has 0 aromatic carbocycles. The summed E-state index contributed by atoms with van der Waals surface area (Å²) in [6.07, 6.45) is 5.74. The van der Waals surface area contributed by atoms with E-state index in [4.69, 9.17) is 0 Å². The van der Waals surface area contributed by atoms with Gasteiger partial charge in [-0.15, -0.1) is 12.6 Å². The van der Waals surface area contributed by atoms with Gasteiger partial charge in [-0.1, -0.05) is 6.92 Å². The molecule has 0 radical (unpaired) electrons. The lowest BCUT2D eigenvalue weighted by Crippen LogP contribution is -2.28. The van der Waals surface area contributed by atoms with Gasteiger partial charge < -0.3 is 5.32 Å². The monoisotopic (exact) mass is 287 g/mol. The number of hydrogen-bond donors (Lipinski definition) is 2. The van der Waals surface area contributed by atoms with Gasteiger partial charge in [-0.05, 0) is 37.1 Å². The smallest absolute Gasteiger partial charge is 0.251 e. The van der Waals surface area contributed by atoms with E-state index in [1.165, 1.54) is 0 Å². The highest BCUT2D eigenvalue weighted by atomic mass is 32.1. The molecule has 104 valence electrons. The molecule has 2 heterocycles. The molecule has 0 unspecified atom stereocenters. The van der Waals surface area contributed by atoms with Crippen molar-refractivity contribution in [2.75, 3.05) is 0 Å². The molecule has 20 heavy (non-hydrogen) atoms. The first-order valence-corrected chi connectivity index (χ1v) is 6.93. The predicted molar refractivity (Wildman–Crippen MR) is 81.0 cm³/mol. The molecule has 1 N–H and O–H groups in total. The standard InChI is InChI=1S/C15H17N3OS/c1-3-13(12-6-9-17-10(2)14(12)20)18-15(19)11-4-7-16-8-5-11/h4-9,13,20H,3H2,1-2H3,(H,18,19)/t13-/m0/s1. The number of aromatic nitrogens is 2. The summed E-state index contributed by atoms with van der Waals surface area (Å²) in [5.41, 5.74) is 2.46. The van der Waals surface area contributed by atoms with Crippen molar-refractivity contribution in [3.63, 3.8) is 0 Å². The number of carbonyl (C=O) groups excluding carboxylic acids is 1. The summed E-state index contributed by atoms with van der Waals surface area (Å²) < 4.78 is 0. The van der Waals surface area contributed by atoms with Crippen molar-refractivity contribution in [3.05, 3.63) is 53.6 Å². The van der Waals surface area contributed by atoms with Crippen LogP contribution in [0, 0.1) is 6.92 Å². The molecule has 2 aromatic rings. The Balaban J connectivity index is 2.21. The zero-order chi connectivity index (χ0) is 14.5. The second kappa shape index (κ2) is 6.52. The maximum atomic E-state index is 12.2. The van der Waals surface area contributed by atoms with Gasteiger partial charge in [0.15, 0.2) is 0 Å². The molecule has 0 bridgehead atoms. The van der Waals surface area contributed by atoms with Crippen molar-refractivity contribution in [2.45, 2.75) is 31.2 Å². The van der Waals surface area contributed by atoms with Crippen LogP contribution in [0.15, 0.2) is 41.7 Å². The van der Waals surface area contributed by atoms with Crippen LogP contribution >= 0.6 is 12.6 Å². The summed E-state index contributed by atoms with van der Waals surface area (Å²) >= 11 is 4.49. The molecule has 1 atom stereocenters. The molecule has 0 saturated carbocycles. The molecule has 1 amide bonds. The number of hydrogen-bond acceptors (Lipinski definition) is 4. The van der Waals surface area contributed by atoms with Gasteiger partial charge in [-0.25, -0.2) is 0 Å². The highest BCUT2D eigenvalue weighted by molar-refractivity contribution is 7.80. The van der Waals surface area contributed by atoms with E-state index in [0.29, 0.717) is 5.56 Å². The lowest BCUT2D eigenvalue weighted by molar-refractivity contribution is 0.0935. The molecule has 0 fully saturated rings. The molecule has 0 aliphatic heterocycles. The van der Waals surface area contributed by atoms with Gasteiger partial charge in [-0.2, -0.15) is 0 Å². The fourth-order valence-electron chi connectivity index (χ4n) is 2.00. The van der Waals surface area contributed by atoms with Crippen LogP contribution in [0.25, 0.3) is 0 Å². The lowest BCUT2D eigenvalue weighted by atomic mass is 10.0. The number of amides is 1. The number of thiol groups is 1. The van der Waals surface area contributed by atoms with E-state index >= 15 is 0 Å². The minimum absolute atomic E-state index is 0.0788. The second-order valence-electron chi connectivity index (χ2n) is 4.50. The first-order chi connectivity index (χ1) is 9.63. The van der Waals surface area contributed by atoms with Crippen molar-refractivity contribution in [1.29, 1.82) is 0 Å². The van der Waals surface area contributed by atoms with E-state index in [9.17, 15) is 4.79 Å². The maximum absolute atomic E-state index is 12.2. The Hall–Kier alpha value is -1.88. The van der Waals surface area contributed by atoms with Crippen molar-refractivity contribution >= 4 is 18.5 Å². The van der Waals surface area contributed by atoms with Crippen molar-refractivity contribution < 1.29 is 4.79 Å². The fraction of sp³-hybridized carbons (Fsp3) is 0.267. The number of rotatable bonds is 4. The highest BCUT2D eigenvalue weighted by Gasteiger charge is 2.17. The Morgan fingerprint density at radius 2 is 2.00 bits per heavy atom. The topological polar surface area (TPSA) is 54.9 Å². The third kappa shape index (κ3) is 3.17. The molecular formula is C15H17N3OS. The van der Waals surface area contributed by atoms with Gasteiger partial charge in [-0.3, -0.25) is 14.8 Å². The molecule has 2 aromatic heterocycles. The van der Waals surface area contributed by atoms with Crippen molar-refractivity contribution in [1.82, 2.24) is 15.3 Å². The van der Waals surface area contributed by atoms with Crippen LogP contribution in [0.5, 0.6) is 0 Å². The number of nitrogens with one attached hydrogen (secondary N) is 1. The van der Waals surface area contributed by atoms with E-state index in [0.717, 1.165) is 22.6 Å². The summed E-state index contributed by atoms with van der Waals surface area (Å²) in [7, 11) is 0. The van der Waals surface area contributed by atoms with Crippen LogP contribution in [-0.4, -0.2) is 15.9 Å². The Morgan fingerprint density at radius 1 is 1.30 bits per heavy atom. The maximum Gasteiger partial charge on any atom is 0.251 e. The molecule has 0 aliphatic rings. The summed E-state index contributed by atoms with van der Waals surface area (Å²) in [6.45, 7) is 3.93. The van der Waals surface area contributed by atoms with E-state index in [2.05, 4.69) is 27.9 Å². The Morgan fingerprint density at radius 3 is 2.65 bits per heavy atom. The largest absolute Gasteiger partial charge is 0.345 e. The van der Waals surface area contributed by atoms with Crippen molar-refractivity contribution in [3.8, 4) is 0 Å². The molecular weight excluding hydrogens is 270 g/mol. The third-order valence-electron chi connectivity index (χ3n) is 3.17. The first-order valence-electron chi connectivity index (χ1n) is 6.48. The normalized spacial score (nSPS) is 11.9. The third-order valence-corrected chi connectivity index (χ3v) is 3.75. The number of aryl methyl sites for hydroxylation is 1. The van der Waals surface area contributed by atoms with Crippen molar-refractivity contribution in [2.24, 2.45) is 0 Å². The first kappa shape index (κ1) is 14.5. The summed E-state index contributed by atoms with van der Waals surface area (Å²) in [5, 5.41) is 3.02. The van der Waals surface area contributed by atoms with E-state index in [-0.39, 0.29) is 11.9 Å². The van der Waals surface area contributed by atoms with Crippen LogP contribution < -0.4 is 5.32 Å². The van der Waals surface area contributed by atoms with Crippen LogP contribution in [0.3, 0.4) is 0 Å². The Kier molecular flexibility index (Phi) is 4.74. The van der Waals surface area contributed by atoms with Crippen LogP contribution in [-0.2, 0) is 0 Å². The Bertz CT molecular complexity index is 601. The average Bonchev–Trinajstić information content (AvgIpc) is 2.48. The quantitative estimate of drug-likeness (QED) is 0.850. The summed E-state index contributed by atoms with van der Waals surface area (Å²) in [6, 6.07) is 5.21. The molecule has 0 spiro atoms. The Labute approximate surface area is 124 Å². The van der Waals surface area contributed by atoms with Gasteiger partial charge in [0.25, 0.3) is 5.91 Å². The van der Waals surface area contributed by atoms with E-state index in [1.807, 2.05) is 19.9 Å². The van der Waals surface area contributed by atoms with Gasteiger partial charge in [0.2, 0.25) is 0 Å². The van der Waals surface area contributed by atoms with Crippen LogP contribution in [0.2, 0.25) is 0 Å². The van der Waals surface area contributed by atoms with Crippen LogP contribution in [0.4, 0.5) is 0 Å². The van der Waals surface area contributed by atoms with Gasteiger partial charge in [0, 0.05) is 29.0 Å². The SMILES string of the molecule is CC[C@H](NC(=O)c1ccncc1)c1ccnc(C)c1S. The zero-order valence-corrected chi connectivity index (χ0v) is 12.4. The van der Waals surface area contributed by atoms with Gasteiger partial charge in [0.1, 0.15) is 0 Å². The molecule has 0 aliphatic carbocycles. The number of nitrogens with zero attached hydrogens (tertiary/aromatic N) is 2. The highest BCUT2D eigenvalue weighted by Crippen LogP contribution is 2.25. The molecule has 2 rings (SSSR count). The number of pyridine rings is 2. The van der Waals surface area contributed by atoms with Crippen LogP contribution in [0.1, 0.15) is 41.0 Å².